The van der Waals surface area contributed by atoms with Crippen LogP contribution in [0, 0.1) is 6.92 Å². The minimum absolute atomic E-state index is 0.204. The number of aryl methyl sites for hydroxylation is 1. The van der Waals surface area contributed by atoms with Gasteiger partial charge in [-0.25, -0.2) is 13.4 Å². The molecule has 0 bridgehead atoms. The van der Waals surface area contributed by atoms with Gasteiger partial charge in [0.15, 0.2) is 5.13 Å². The molecule has 0 atom stereocenters. The number of nitrogens with one attached hydrogen (secondary N) is 1. The van der Waals surface area contributed by atoms with Crippen molar-refractivity contribution < 1.29 is 13.2 Å². The van der Waals surface area contributed by atoms with E-state index in [-0.39, 0.29) is 4.90 Å². The Morgan fingerprint density at radius 3 is 2.84 bits per heavy atom. The van der Waals surface area contributed by atoms with E-state index in [2.05, 4.69) is 9.71 Å². The second kappa shape index (κ2) is 5.68. The number of thiazole rings is 1. The maximum absolute atomic E-state index is 12.2. The van der Waals surface area contributed by atoms with E-state index < -0.39 is 10.0 Å². The first-order chi connectivity index (χ1) is 9.01. The van der Waals surface area contributed by atoms with Crippen molar-refractivity contribution in [2.75, 3.05) is 11.8 Å². The van der Waals surface area contributed by atoms with Crippen LogP contribution in [0.2, 0.25) is 0 Å². The van der Waals surface area contributed by atoms with Gasteiger partial charge in [-0.15, -0.1) is 11.3 Å². The molecule has 0 saturated carbocycles. The van der Waals surface area contributed by atoms with E-state index in [1.54, 1.807) is 31.5 Å². The standard InChI is InChI=1S/C12H14N2O3S2/c1-9-7-13-12(18-9)14-19(15,16)11-5-3-4-10(6-11)8-17-2/h3-7H,8H2,1-2H3,(H,13,14). The molecule has 0 aliphatic heterocycles. The fourth-order valence-corrected chi connectivity index (χ4v) is 3.52. The van der Waals surface area contributed by atoms with Crippen LogP contribution in [0.4, 0.5) is 5.13 Å². The quantitative estimate of drug-likeness (QED) is 0.920. The summed E-state index contributed by atoms with van der Waals surface area (Å²) in [5.41, 5.74) is 0.806. The van der Waals surface area contributed by atoms with Crippen LogP contribution in [0.1, 0.15) is 10.4 Å². The van der Waals surface area contributed by atoms with Crippen molar-refractivity contribution in [1.82, 2.24) is 4.98 Å². The topological polar surface area (TPSA) is 68.3 Å². The highest BCUT2D eigenvalue weighted by molar-refractivity contribution is 7.93. The van der Waals surface area contributed by atoms with Gasteiger partial charge in [-0.2, -0.15) is 0 Å². The summed E-state index contributed by atoms with van der Waals surface area (Å²) >= 11 is 1.30. The predicted molar refractivity (Wildman–Crippen MR) is 74.8 cm³/mol. The number of nitrogens with zero attached hydrogens (tertiary/aromatic N) is 1. The van der Waals surface area contributed by atoms with E-state index >= 15 is 0 Å². The highest BCUT2D eigenvalue weighted by atomic mass is 32.2. The molecule has 102 valence electrons. The Balaban J connectivity index is 2.26. The fraction of sp³-hybridized carbons (Fsp3) is 0.250. The first-order valence-corrected chi connectivity index (χ1v) is 7.84. The van der Waals surface area contributed by atoms with E-state index in [4.69, 9.17) is 4.74 Å². The van der Waals surface area contributed by atoms with E-state index in [0.717, 1.165) is 10.4 Å². The molecule has 0 aliphatic rings. The number of aromatic nitrogens is 1. The Labute approximate surface area is 116 Å². The molecule has 1 N–H and O–H groups in total. The molecule has 0 amide bonds. The molecule has 0 radical (unpaired) electrons. The molecule has 19 heavy (non-hydrogen) atoms. The lowest BCUT2D eigenvalue weighted by Crippen LogP contribution is -2.13. The van der Waals surface area contributed by atoms with Crippen molar-refractivity contribution in [2.24, 2.45) is 0 Å². The highest BCUT2D eigenvalue weighted by Crippen LogP contribution is 2.21. The van der Waals surface area contributed by atoms with Crippen LogP contribution in [0.3, 0.4) is 0 Å². The summed E-state index contributed by atoms with van der Waals surface area (Å²) in [5, 5.41) is 0.370. The Morgan fingerprint density at radius 1 is 1.42 bits per heavy atom. The van der Waals surface area contributed by atoms with E-state index in [1.807, 2.05) is 13.0 Å². The Morgan fingerprint density at radius 2 is 2.21 bits per heavy atom. The van der Waals surface area contributed by atoms with Gasteiger partial charge in [0.2, 0.25) is 0 Å². The van der Waals surface area contributed by atoms with E-state index in [9.17, 15) is 8.42 Å². The number of anilines is 1. The van der Waals surface area contributed by atoms with Gasteiger partial charge in [-0.1, -0.05) is 12.1 Å². The number of sulfonamides is 1. The summed E-state index contributed by atoms with van der Waals surface area (Å²) in [6, 6.07) is 6.64. The summed E-state index contributed by atoms with van der Waals surface area (Å²) in [7, 11) is -2.03. The van der Waals surface area contributed by atoms with Crippen molar-refractivity contribution in [1.29, 1.82) is 0 Å². The molecular formula is C12H14N2O3S2. The second-order valence-electron chi connectivity index (χ2n) is 3.96. The lowest BCUT2D eigenvalue weighted by atomic mass is 10.2. The average molecular weight is 298 g/mol. The average Bonchev–Trinajstić information content (AvgIpc) is 2.75. The minimum Gasteiger partial charge on any atom is -0.380 e. The van der Waals surface area contributed by atoms with Crippen LogP contribution in [0.15, 0.2) is 35.4 Å². The summed E-state index contributed by atoms with van der Waals surface area (Å²) in [4.78, 5) is 5.14. The molecule has 2 rings (SSSR count). The molecule has 1 heterocycles. The van der Waals surface area contributed by atoms with Gasteiger partial charge < -0.3 is 4.74 Å². The monoisotopic (exact) mass is 298 g/mol. The van der Waals surface area contributed by atoms with Gasteiger partial charge in [0.25, 0.3) is 10.0 Å². The lowest BCUT2D eigenvalue weighted by Gasteiger charge is -2.07. The van der Waals surface area contributed by atoms with E-state index in [1.165, 1.54) is 11.3 Å². The maximum Gasteiger partial charge on any atom is 0.263 e. The summed E-state index contributed by atoms with van der Waals surface area (Å²) in [5.74, 6) is 0. The van der Waals surface area contributed by atoms with Crippen molar-refractivity contribution in [3.63, 3.8) is 0 Å². The zero-order valence-electron chi connectivity index (χ0n) is 10.6. The maximum atomic E-state index is 12.2. The smallest absolute Gasteiger partial charge is 0.263 e. The number of ether oxygens (including phenoxy) is 1. The third-order valence-corrected chi connectivity index (χ3v) is 4.66. The van der Waals surface area contributed by atoms with Gasteiger partial charge >= 0.3 is 0 Å². The molecule has 0 saturated heterocycles. The largest absolute Gasteiger partial charge is 0.380 e. The van der Waals surface area contributed by atoms with Crippen molar-refractivity contribution in [2.45, 2.75) is 18.4 Å². The van der Waals surface area contributed by atoms with E-state index in [0.29, 0.717) is 11.7 Å². The molecule has 0 spiro atoms. The molecule has 7 heteroatoms. The van der Waals surface area contributed by atoms with Gasteiger partial charge in [0, 0.05) is 18.2 Å². The molecule has 1 aromatic carbocycles. The number of rotatable bonds is 5. The zero-order valence-corrected chi connectivity index (χ0v) is 12.2. The third kappa shape index (κ3) is 3.52. The minimum atomic E-state index is -3.60. The third-order valence-electron chi connectivity index (χ3n) is 2.36. The first-order valence-electron chi connectivity index (χ1n) is 5.54. The second-order valence-corrected chi connectivity index (χ2v) is 6.88. The summed E-state index contributed by atoms with van der Waals surface area (Å²) in [6.45, 7) is 2.24. The predicted octanol–water partition coefficient (Wildman–Crippen LogP) is 2.40. The Hall–Kier alpha value is -1.44. The molecule has 1 aromatic heterocycles. The Bertz CT molecular complexity index is 665. The number of benzene rings is 1. The fourth-order valence-electron chi connectivity index (χ4n) is 1.54. The van der Waals surface area contributed by atoms with Crippen LogP contribution in [0.25, 0.3) is 0 Å². The highest BCUT2D eigenvalue weighted by Gasteiger charge is 2.16. The summed E-state index contributed by atoms with van der Waals surface area (Å²) < 4.78 is 31.8. The zero-order chi connectivity index (χ0) is 13.9. The molecule has 2 aromatic rings. The first kappa shape index (κ1) is 14.0. The van der Waals surface area contributed by atoms with Crippen molar-refractivity contribution in [3.05, 3.63) is 40.9 Å². The van der Waals surface area contributed by atoms with Crippen LogP contribution >= 0.6 is 11.3 Å². The normalized spacial score (nSPS) is 11.5. The van der Waals surface area contributed by atoms with Gasteiger partial charge in [0.05, 0.1) is 11.5 Å². The SMILES string of the molecule is COCc1cccc(S(=O)(=O)Nc2ncc(C)s2)c1. The molecule has 5 nitrogen and oxygen atoms in total. The van der Waals surface area contributed by atoms with Gasteiger partial charge in [-0.05, 0) is 24.6 Å². The van der Waals surface area contributed by atoms with Crippen LogP contribution in [-0.4, -0.2) is 20.5 Å². The van der Waals surface area contributed by atoms with Gasteiger partial charge in [0.1, 0.15) is 0 Å². The number of hydrogen-bond donors (Lipinski definition) is 1. The lowest BCUT2D eigenvalue weighted by molar-refractivity contribution is 0.184. The molecular weight excluding hydrogens is 284 g/mol. The molecule has 0 aliphatic carbocycles. The van der Waals surface area contributed by atoms with Gasteiger partial charge in [-0.3, -0.25) is 4.72 Å². The van der Waals surface area contributed by atoms with Crippen LogP contribution < -0.4 is 4.72 Å². The van der Waals surface area contributed by atoms with Crippen LogP contribution in [-0.2, 0) is 21.4 Å². The van der Waals surface area contributed by atoms with Crippen LogP contribution in [0.5, 0.6) is 0 Å². The summed E-state index contributed by atoms with van der Waals surface area (Å²) in [6.07, 6.45) is 1.63. The van der Waals surface area contributed by atoms with Crippen molar-refractivity contribution in [3.8, 4) is 0 Å². The Kier molecular flexibility index (Phi) is 4.18. The number of hydrogen-bond acceptors (Lipinski definition) is 5. The molecule has 0 unspecified atom stereocenters. The molecule has 0 fully saturated rings. The van der Waals surface area contributed by atoms with Crippen molar-refractivity contribution >= 4 is 26.5 Å². The number of methoxy groups -OCH3 is 1.